The standard InChI is InChI=1S/C31H34ClN5O3/c32-23-7-1-5-20-6-2-8-25(27(20)23)35-15-9-21-24(17-35)33-30(39-19-31-11-3-13-37(31)14-4-12-31)34-28(21)36-16-10-22-26(18-36)40-29(22)38/h1-2,5-8,22,26H,3-4,9-19H2/t22-,26+/m1/s1. The molecule has 1 aromatic heterocycles. The minimum atomic E-state index is -0.0558. The molecule has 4 saturated heterocycles. The summed E-state index contributed by atoms with van der Waals surface area (Å²) in [5, 5.41) is 2.98. The van der Waals surface area contributed by atoms with E-state index in [9.17, 15) is 4.79 Å². The summed E-state index contributed by atoms with van der Waals surface area (Å²) in [5.41, 5.74) is 3.45. The molecule has 3 aromatic rings. The molecule has 2 atom stereocenters. The van der Waals surface area contributed by atoms with Gasteiger partial charge in [-0.25, -0.2) is 0 Å². The van der Waals surface area contributed by atoms with Crippen LogP contribution in [0.1, 0.15) is 43.4 Å². The molecule has 5 aliphatic rings. The van der Waals surface area contributed by atoms with Crippen molar-refractivity contribution < 1.29 is 14.3 Å². The highest BCUT2D eigenvalue weighted by Gasteiger charge is 2.47. The molecule has 5 aliphatic heterocycles. The highest BCUT2D eigenvalue weighted by molar-refractivity contribution is 6.36. The Bertz CT molecular complexity index is 1480. The summed E-state index contributed by atoms with van der Waals surface area (Å²) in [7, 11) is 0. The largest absolute Gasteiger partial charge is 0.461 e. The van der Waals surface area contributed by atoms with E-state index < -0.39 is 0 Å². The van der Waals surface area contributed by atoms with Crippen molar-refractivity contribution >= 4 is 39.8 Å². The Morgan fingerprint density at radius 3 is 2.65 bits per heavy atom. The molecule has 0 unspecified atom stereocenters. The number of piperidine rings is 1. The van der Waals surface area contributed by atoms with Gasteiger partial charge >= 0.3 is 12.0 Å². The van der Waals surface area contributed by atoms with E-state index >= 15 is 0 Å². The number of benzene rings is 2. The lowest BCUT2D eigenvalue weighted by molar-refractivity contribution is -0.185. The summed E-state index contributed by atoms with van der Waals surface area (Å²) < 4.78 is 12.0. The first kappa shape index (κ1) is 24.7. The zero-order chi connectivity index (χ0) is 26.8. The molecular formula is C31H34ClN5O3. The number of rotatable bonds is 5. The van der Waals surface area contributed by atoms with Crippen molar-refractivity contribution in [2.45, 2.75) is 56.7 Å². The Balaban J connectivity index is 1.13. The van der Waals surface area contributed by atoms with Gasteiger partial charge in [0.2, 0.25) is 0 Å². The number of nitrogens with zero attached hydrogens (tertiary/aromatic N) is 5. The number of esters is 1. The van der Waals surface area contributed by atoms with Crippen molar-refractivity contribution in [3.05, 3.63) is 52.7 Å². The van der Waals surface area contributed by atoms with Crippen LogP contribution >= 0.6 is 11.6 Å². The molecule has 6 heterocycles. The average molecular weight is 560 g/mol. The van der Waals surface area contributed by atoms with Gasteiger partial charge in [-0.05, 0) is 69.1 Å². The first-order chi connectivity index (χ1) is 19.6. The second kappa shape index (κ2) is 9.48. The molecule has 0 saturated carbocycles. The third kappa shape index (κ3) is 3.94. The molecule has 0 spiro atoms. The molecule has 8 nitrogen and oxygen atoms in total. The molecule has 0 radical (unpaired) electrons. The van der Waals surface area contributed by atoms with Crippen LogP contribution in [-0.2, 0) is 22.5 Å². The fourth-order valence-electron chi connectivity index (χ4n) is 7.78. The smallest absolute Gasteiger partial charge is 0.318 e. The van der Waals surface area contributed by atoms with Crippen LogP contribution < -0.4 is 14.5 Å². The Hall–Kier alpha value is -3.10. The first-order valence-electron chi connectivity index (χ1n) is 14.7. The van der Waals surface area contributed by atoms with Crippen LogP contribution in [0, 0.1) is 5.92 Å². The summed E-state index contributed by atoms with van der Waals surface area (Å²) in [6, 6.07) is 12.9. The molecule has 8 rings (SSSR count). The molecule has 4 fully saturated rings. The van der Waals surface area contributed by atoms with Gasteiger partial charge in [0.25, 0.3) is 0 Å². The normalized spacial score (nSPS) is 25.3. The number of hydrogen-bond acceptors (Lipinski definition) is 8. The number of hydrogen-bond donors (Lipinski definition) is 0. The van der Waals surface area contributed by atoms with Crippen molar-refractivity contribution in [1.82, 2.24) is 14.9 Å². The van der Waals surface area contributed by atoms with Crippen LogP contribution in [0.15, 0.2) is 36.4 Å². The number of carbonyl (C=O) groups excluding carboxylic acids is 1. The quantitative estimate of drug-likeness (QED) is 0.420. The van der Waals surface area contributed by atoms with Crippen LogP contribution in [0.25, 0.3) is 10.8 Å². The lowest BCUT2D eigenvalue weighted by Gasteiger charge is -2.44. The Morgan fingerprint density at radius 1 is 1.02 bits per heavy atom. The van der Waals surface area contributed by atoms with E-state index in [2.05, 4.69) is 39.0 Å². The van der Waals surface area contributed by atoms with Gasteiger partial charge in [-0.15, -0.1) is 0 Å². The molecular weight excluding hydrogens is 526 g/mol. The lowest BCUT2D eigenvalue weighted by Crippen LogP contribution is -2.57. The van der Waals surface area contributed by atoms with Gasteiger partial charge < -0.3 is 19.3 Å². The van der Waals surface area contributed by atoms with Crippen LogP contribution in [0.5, 0.6) is 6.01 Å². The monoisotopic (exact) mass is 559 g/mol. The topological polar surface area (TPSA) is 71.0 Å². The maximum absolute atomic E-state index is 11.9. The maximum Gasteiger partial charge on any atom is 0.318 e. The van der Waals surface area contributed by atoms with Crippen molar-refractivity contribution in [1.29, 1.82) is 0 Å². The molecule has 40 heavy (non-hydrogen) atoms. The highest BCUT2D eigenvalue weighted by atomic mass is 35.5. The third-order valence-electron chi connectivity index (χ3n) is 9.91. The van der Waals surface area contributed by atoms with Crippen molar-refractivity contribution in [3.63, 3.8) is 0 Å². The summed E-state index contributed by atoms with van der Waals surface area (Å²) >= 11 is 6.70. The third-order valence-corrected chi connectivity index (χ3v) is 10.2. The van der Waals surface area contributed by atoms with Crippen LogP contribution in [-0.4, -0.2) is 71.8 Å². The number of anilines is 2. The first-order valence-corrected chi connectivity index (χ1v) is 15.1. The van der Waals surface area contributed by atoms with E-state index in [0.717, 1.165) is 72.0 Å². The van der Waals surface area contributed by atoms with Gasteiger partial charge in [0.15, 0.2) is 0 Å². The SMILES string of the molecule is O=C1O[C@H]2CN(c3nc(OCC45CCCN4CCC5)nc4c3CCN(c3cccc5cccc(Cl)c35)C4)CC[C@@H]12. The van der Waals surface area contributed by atoms with Gasteiger partial charge in [-0.1, -0.05) is 35.9 Å². The van der Waals surface area contributed by atoms with Crippen molar-refractivity contribution in [2.75, 3.05) is 49.1 Å². The summed E-state index contributed by atoms with van der Waals surface area (Å²) in [6.45, 7) is 5.95. The van der Waals surface area contributed by atoms with Crippen molar-refractivity contribution in [2.24, 2.45) is 5.92 Å². The van der Waals surface area contributed by atoms with Gasteiger partial charge in [-0.2, -0.15) is 9.97 Å². The predicted octanol–water partition coefficient (Wildman–Crippen LogP) is 4.60. The van der Waals surface area contributed by atoms with Crippen LogP contribution in [0.4, 0.5) is 11.5 Å². The molecule has 2 aromatic carbocycles. The number of ether oxygens (including phenoxy) is 2. The lowest BCUT2D eigenvalue weighted by atomic mass is 9.89. The molecule has 0 aliphatic carbocycles. The summed E-state index contributed by atoms with van der Waals surface area (Å²) in [4.78, 5) is 29.2. The number of fused-ring (bicyclic) bond motifs is 4. The fourth-order valence-corrected chi connectivity index (χ4v) is 8.06. The van der Waals surface area contributed by atoms with E-state index in [-0.39, 0.29) is 23.5 Å². The van der Waals surface area contributed by atoms with Gasteiger partial charge in [0.05, 0.1) is 35.3 Å². The molecule has 0 bridgehead atoms. The average Bonchev–Trinajstić information content (AvgIpc) is 3.55. The molecule has 208 valence electrons. The summed E-state index contributed by atoms with van der Waals surface area (Å²) in [5.74, 6) is 0.926. The van der Waals surface area contributed by atoms with Crippen LogP contribution in [0.3, 0.4) is 0 Å². The second-order valence-electron chi connectivity index (χ2n) is 12.1. The zero-order valence-corrected chi connectivity index (χ0v) is 23.4. The number of carbonyl (C=O) groups is 1. The molecule has 0 amide bonds. The number of aromatic nitrogens is 2. The zero-order valence-electron chi connectivity index (χ0n) is 22.6. The molecule has 0 N–H and O–H groups in total. The predicted molar refractivity (Wildman–Crippen MR) is 154 cm³/mol. The fraction of sp³-hybridized carbons (Fsp3) is 0.516. The molecule has 9 heteroatoms. The highest BCUT2D eigenvalue weighted by Crippen LogP contribution is 2.41. The maximum atomic E-state index is 11.9. The Labute approximate surface area is 239 Å². The van der Waals surface area contributed by atoms with Crippen LogP contribution in [0.2, 0.25) is 5.02 Å². The minimum absolute atomic E-state index is 0.0334. The van der Waals surface area contributed by atoms with E-state index in [1.807, 2.05) is 12.1 Å². The van der Waals surface area contributed by atoms with Gasteiger partial charge in [-0.3, -0.25) is 9.69 Å². The second-order valence-corrected chi connectivity index (χ2v) is 12.5. The Morgan fingerprint density at radius 2 is 1.85 bits per heavy atom. The van der Waals surface area contributed by atoms with Crippen molar-refractivity contribution in [3.8, 4) is 6.01 Å². The van der Waals surface area contributed by atoms with E-state index in [1.54, 1.807) is 0 Å². The summed E-state index contributed by atoms with van der Waals surface area (Å²) in [6.07, 6.45) is 6.42. The Kier molecular flexibility index (Phi) is 5.85. The van der Waals surface area contributed by atoms with E-state index in [4.69, 9.17) is 31.0 Å². The van der Waals surface area contributed by atoms with E-state index in [0.29, 0.717) is 25.7 Å². The van der Waals surface area contributed by atoms with Gasteiger partial charge in [0.1, 0.15) is 18.5 Å². The minimum Gasteiger partial charge on any atom is -0.461 e. The van der Waals surface area contributed by atoms with Gasteiger partial charge in [0, 0.05) is 29.7 Å². The van der Waals surface area contributed by atoms with E-state index in [1.165, 1.54) is 31.2 Å². The number of halogens is 1.